The molecule has 1 aromatic carbocycles. The van der Waals surface area contributed by atoms with Crippen LogP contribution in [0, 0.1) is 0 Å². The maximum Gasteiger partial charge on any atom is 0.573 e. The van der Waals surface area contributed by atoms with E-state index >= 15 is 0 Å². The Balaban J connectivity index is 1.93. The molecule has 2 N–H and O–H groups in total. The second-order valence-electron chi connectivity index (χ2n) is 4.36. The number of hydrogen-bond acceptors (Lipinski definition) is 3. The van der Waals surface area contributed by atoms with E-state index in [4.69, 9.17) is 0 Å². The van der Waals surface area contributed by atoms with Crippen molar-refractivity contribution in [2.45, 2.75) is 25.4 Å². The lowest BCUT2D eigenvalue weighted by Crippen LogP contribution is -2.55. The highest BCUT2D eigenvalue weighted by atomic mass is 19.4. The van der Waals surface area contributed by atoms with Crippen LogP contribution in [0.3, 0.4) is 0 Å². The van der Waals surface area contributed by atoms with E-state index in [-0.39, 0.29) is 11.8 Å². The molecule has 3 nitrogen and oxygen atoms in total. The largest absolute Gasteiger partial charge is 0.573 e. The first-order valence-corrected chi connectivity index (χ1v) is 5.76. The van der Waals surface area contributed by atoms with Crippen molar-refractivity contribution in [2.75, 3.05) is 13.1 Å². The fraction of sp³-hybridized carbons (Fsp3) is 0.500. The van der Waals surface area contributed by atoms with E-state index in [1.807, 2.05) is 6.92 Å². The lowest BCUT2D eigenvalue weighted by molar-refractivity contribution is -0.274. The molecular formula is C12H15F3N2O. The lowest BCUT2D eigenvalue weighted by atomic mass is 10.1. The Bertz CT molecular complexity index is 387. The Labute approximate surface area is 103 Å². The predicted molar refractivity (Wildman–Crippen MR) is 61.3 cm³/mol. The fourth-order valence-corrected chi connectivity index (χ4v) is 1.81. The first-order chi connectivity index (χ1) is 8.44. The molecule has 0 radical (unpaired) electrons. The molecular weight excluding hydrogens is 245 g/mol. The van der Waals surface area contributed by atoms with Gasteiger partial charge < -0.3 is 15.4 Å². The predicted octanol–water partition coefficient (Wildman–Crippen LogP) is 2.21. The maximum absolute atomic E-state index is 12.0. The Hall–Kier alpha value is -1.27. The zero-order valence-corrected chi connectivity index (χ0v) is 9.92. The highest BCUT2D eigenvalue weighted by Crippen LogP contribution is 2.24. The Morgan fingerprint density at radius 2 is 1.89 bits per heavy atom. The molecule has 1 aliphatic rings. The molecule has 0 saturated carbocycles. The molecule has 0 aromatic heterocycles. The number of hydrogen-bond donors (Lipinski definition) is 2. The molecule has 2 rings (SSSR count). The average Bonchev–Trinajstić information content (AvgIpc) is 2.22. The van der Waals surface area contributed by atoms with Crippen LogP contribution in [-0.4, -0.2) is 25.5 Å². The van der Waals surface area contributed by atoms with Gasteiger partial charge in [-0.1, -0.05) is 12.1 Å². The SMILES string of the molecule is CC(NC1CNC1)c1ccc(OC(F)(F)F)cc1. The van der Waals surface area contributed by atoms with E-state index in [1.165, 1.54) is 12.1 Å². The minimum Gasteiger partial charge on any atom is -0.406 e. The Morgan fingerprint density at radius 3 is 2.33 bits per heavy atom. The van der Waals surface area contributed by atoms with Gasteiger partial charge in [-0.2, -0.15) is 0 Å². The van der Waals surface area contributed by atoms with Gasteiger partial charge >= 0.3 is 6.36 Å². The van der Waals surface area contributed by atoms with Gasteiger partial charge in [-0.05, 0) is 24.6 Å². The summed E-state index contributed by atoms with van der Waals surface area (Å²) >= 11 is 0. The van der Waals surface area contributed by atoms with Crippen LogP contribution < -0.4 is 15.4 Å². The van der Waals surface area contributed by atoms with E-state index in [2.05, 4.69) is 15.4 Å². The van der Waals surface area contributed by atoms with Crippen LogP contribution in [-0.2, 0) is 0 Å². The van der Waals surface area contributed by atoms with Crippen LogP contribution in [0.25, 0.3) is 0 Å². The molecule has 1 heterocycles. The molecule has 1 unspecified atom stereocenters. The first-order valence-electron chi connectivity index (χ1n) is 5.76. The molecule has 0 spiro atoms. The number of alkyl halides is 3. The third-order valence-electron chi connectivity index (χ3n) is 2.88. The molecule has 18 heavy (non-hydrogen) atoms. The first kappa shape index (κ1) is 13.2. The standard InChI is InChI=1S/C12H15F3N2O/c1-8(17-10-6-16-7-10)9-2-4-11(5-3-9)18-12(13,14)15/h2-5,8,10,16-17H,6-7H2,1H3. The van der Waals surface area contributed by atoms with Crippen LogP contribution in [0.4, 0.5) is 13.2 Å². The third kappa shape index (κ3) is 3.61. The maximum atomic E-state index is 12.0. The molecule has 1 aliphatic heterocycles. The quantitative estimate of drug-likeness (QED) is 0.870. The van der Waals surface area contributed by atoms with Crippen molar-refractivity contribution in [1.29, 1.82) is 0 Å². The number of benzene rings is 1. The van der Waals surface area contributed by atoms with E-state index in [9.17, 15) is 13.2 Å². The molecule has 6 heteroatoms. The van der Waals surface area contributed by atoms with Gasteiger partial charge in [-0.15, -0.1) is 13.2 Å². The van der Waals surface area contributed by atoms with Gasteiger partial charge in [0.25, 0.3) is 0 Å². The van der Waals surface area contributed by atoms with Crippen molar-refractivity contribution in [3.05, 3.63) is 29.8 Å². The van der Waals surface area contributed by atoms with Gasteiger partial charge in [0, 0.05) is 25.2 Å². The molecule has 1 fully saturated rings. The lowest BCUT2D eigenvalue weighted by Gasteiger charge is -2.31. The van der Waals surface area contributed by atoms with Crippen LogP contribution >= 0.6 is 0 Å². The topological polar surface area (TPSA) is 33.3 Å². The summed E-state index contributed by atoms with van der Waals surface area (Å²) in [5, 5.41) is 6.52. The number of halogens is 3. The molecule has 0 amide bonds. The summed E-state index contributed by atoms with van der Waals surface area (Å²) in [4.78, 5) is 0. The van der Waals surface area contributed by atoms with Crippen molar-refractivity contribution in [1.82, 2.24) is 10.6 Å². The number of ether oxygens (including phenoxy) is 1. The monoisotopic (exact) mass is 260 g/mol. The second-order valence-corrected chi connectivity index (χ2v) is 4.36. The third-order valence-corrected chi connectivity index (χ3v) is 2.88. The van der Waals surface area contributed by atoms with E-state index in [0.717, 1.165) is 18.7 Å². The molecule has 1 aromatic rings. The van der Waals surface area contributed by atoms with E-state index < -0.39 is 6.36 Å². The summed E-state index contributed by atoms with van der Waals surface area (Å²) < 4.78 is 39.8. The van der Waals surface area contributed by atoms with E-state index in [1.54, 1.807) is 12.1 Å². The summed E-state index contributed by atoms with van der Waals surface area (Å²) in [7, 11) is 0. The van der Waals surface area contributed by atoms with Crippen LogP contribution in [0.5, 0.6) is 5.75 Å². The Morgan fingerprint density at radius 1 is 1.28 bits per heavy atom. The van der Waals surface area contributed by atoms with Gasteiger partial charge in [-0.3, -0.25) is 0 Å². The second kappa shape index (κ2) is 5.16. The van der Waals surface area contributed by atoms with Crippen molar-refractivity contribution in [3.63, 3.8) is 0 Å². The fourth-order valence-electron chi connectivity index (χ4n) is 1.81. The zero-order valence-electron chi connectivity index (χ0n) is 9.92. The van der Waals surface area contributed by atoms with E-state index in [0.29, 0.717) is 6.04 Å². The van der Waals surface area contributed by atoms with Gasteiger partial charge in [0.1, 0.15) is 5.75 Å². The molecule has 1 atom stereocenters. The smallest absolute Gasteiger partial charge is 0.406 e. The summed E-state index contributed by atoms with van der Waals surface area (Å²) in [6.07, 6.45) is -4.64. The van der Waals surface area contributed by atoms with Gasteiger partial charge in [0.2, 0.25) is 0 Å². The van der Waals surface area contributed by atoms with Crippen molar-refractivity contribution in [3.8, 4) is 5.75 Å². The van der Waals surface area contributed by atoms with Gasteiger partial charge in [-0.25, -0.2) is 0 Å². The molecule has 1 saturated heterocycles. The molecule has 100 valence electrons. The van der Waals surface area contributed by atoms with Crippen LogP contribution in [0.15, 0.2) is 24.3 Å². The van der Waals surface area contributed by atoms with Gasteiger partial charge in [0.15, 0.2) is 0 Å². The highest BCUT2D eigenvalue weighted by molar-refractivity contribution is 5.29. The minimum atomic E-state index is -4.64. The summed E-state index contributed by atoms with van der Waals surface area (Å²) in [6.45, 7) is 3.84. The molecule has 0 aliphatic carbocycles. The normalized spacial score (nSPS) is 18.2. The van der Waals surface area contributed by atoms with Crippen molar-refractivity contribution in [2.24, 2.45) is 0 Å². The zero-order chi connectivity index (χ0) is 13.2. The summed E-state index contributed by atoms with van der Waals surface area (Å²) in [5.41, 5.74) is 0.941. The van der Waals surface area contributed by atoms with Crippen LogP contribution in [0.1, 0.15) is 18.5 Å². The Kier molecular flexibility index (Phi) is 3.77. The number of nitrogens with one attached hydrogen (secondary N) is 2. The van der Waals surface area contributed by atoms with Gasteiger partial charge in [0.05, 0.1) is 0 Å². The summed E-state index contributed by atoms with van der Waals surface area (Å²) in [5.74, 6) is -0.191. The average molecular weight is 260 g/mol. The van der Waals surface area contributed by atoms with Crippen LogP contribution in [0.2, 0.25) is 0 Å². The van der Waals surface area contributed by atoms with Crippen molar-refractivity contribution < 1.29 is 17.9 Å². The number of rotatable bonds is 4. The highest BCUT2D eigenvalue weighted by Gasteiger charge is 2.31. The summed E-state index contributed by atoms with van der Waals surface area (Å²) in [6, 6.07) is 6.50. The molecule has 0 bridgehead atoms. The van der Waals surface area contributed by atoms with Crippen molar-refractivity contribution >= 4 is 0 Å². The minimum absolute atomic E-state index is 0.108.